The third-order valence-electron chi connectivity index (χ3n) is 1.19. The van der Waals surface area contributed by atoms with E-state index in [4.69, 9.17) is 5.11 Å². The third kappa shape index (κ3) is 4.61. The molecule has 0 aromatic carbocycles. The Labute approximate surface area is 95.0 Å². The van der Waals surface area contributed by atoms with Crippen molar-refractivity contribution in [1.29, 1.82) is 0 Å². The van der Waals surface area contributed by atoms with Gasteiger partial charge in [-0.1, -0.05) is 0 Å². The minimum absolute atomic E-state index is 1.48. The number of hydrogen-bond acceptors (Lipinski definition) is 3. The van der Waals surface area contributed by atoms with Gasteiger partial charge in [-0.2, -0.15) is 35.1 Å². The highest BCUT2D eigenvalue weighted by Gasteiger charge is 2.72. The van der Waals surface area contributed by atoms with Crippen LogP contribution in [-0.4, -0.2) is 35.9 Å². The summed E-state index contributed by atoms with van der Waals surface area (Å²) in [6.07, 6.45) is -32.9. The molecular weight excluding hydrogens is 317 g/mol. The monoisotopic (exact) mass is 318 g/mol. The van der Waals surface area contributed by atoms with Crippen molar-refractivity contribution in [3.05, 3.63) is 0 Å². The van der Waals surface area contributed by atoms with Crippen LogP contribution in [-0.2, 0) is 9.47 Å². The Morgan fingerprint density at radius 2 is 0.842 bits per heavy atom. The fourth-order valence-corrected chi connectivity index (χ4v) is 0.487. The molecule has 0 aliphatic rings. The summed E-state index contributed by atoms with van der Waals surface area (Å²) < 4.78 is 133. The van der Waals surface area contributed by atoms with Crippen LogP contribution >= 0.6 is 0 Å². The van der Waals surface area contributed by atoms with Crippen LogP contribution < -0.4 is 0 Å². The lowest BCUT2D eigenvalue weighted by Crippen LogP contribution is -2.55. The van der Waals surface area contributed by atoms with E-state index in [1.54, 1.807) is 4.74 Å². The second-order valence-corrected chi connectivity index (χ2v) is 2.74. The van der Waals surface area contributed by atoms with Gasteiger partial charge in [-0.25, -0.2) is 9.47 Å². The van der Waals surface area contributed by atoms with Gasteiger partial charge in [0.05, 0.1) is 0 Å². The summed E-state index contributed by atoms with van der Waals surface area (Å²) >= 11 is 0. The van der Waals surface area contributed by atoms with Gasteiger partial charge in [0.2, 0.25) is 0 Å². The van der Waals surface area contributed by atoms with Crippen LogP contribution in [0.4, 0.5) is 48.3 Å². The van der Waals surface area contributed by atoms with Gasteiger partial charge in [-0.05, 0) is 0 Å². The van der Waals surface area contributed by atoms with Crippen molar-refractivity contribution in [3.8, 4) is 0 Å². The summed E-state index contributed by atoms with van der Waals surface area (Å²) in [7, 11) is 0. The van der Waals surface area contributed by atoms with E-state index in [1.807, 2.05) is 0 Å². The predicted molar refractivity (Wildman–Crippen MR) is 30.2 cm³/mol. The molecule has 0 radical (unpaired) electrons. The van der Waals surface area contributed by atoms with Crippen molar-refractivity contribution < 1.29 is 62.9 Å². The molecular formula is C5HF11O3. The van der Waals surface area contributed by atoms with Gasteiger partial charge in [0, 0.05) is 0 Å². The van der Waals surface area contributed by atoms with E-state index in [9.17, 15) is 48.3 Å². The van der Waals surface area contributed by atoms with E-state index in [2.05, 4.69) is 0 Å². The normalized spacial score (nSPS) is 15.8. The molecule has 0 amide bonds. The van der Waals surface area contributed by atoms with Crippen LogP contribution in [0.2, 0.25) is 0 Å². The Morgan fingerprint density at radius 3 is 1.11 bits per heavy atom. The van der Waals surface area contributed by atoms with Crippen molar-refractivity contribution in [1.82, 2.24) is 0 Å². The molecule has 19 heavy (non-hydrogen) atoms. The summed E-state index contributed by atoms with van der Waals surface area (Å²) in [6.45, 7) is 0. The molecule has 0 heterocycles. The molecule has 0 rings (SSSR count). The van der Waals surface area contributed by atoms with Crippen LogP contribution in [0.15, 0.2) is 0 Å². The van der Waals surface area contributed by atoms with Crippen LogP contribution in [0.25, 0.3) is 0 Å². The maximum absolute atomic E-state index is 12.2. The van der Waals surface area contributed by atoms with E-state index in [0.717, 1.165) is 0 Å². The zero-order valence-corrected chi connectivity index (χ0v) is 7.92. The zero-order chi connectivity index (χ0) is 15.9. The van der Waals surface area contributed by atoms with Gasteiger partial charge < -0.3 is 5.11 Å². The average molecular weight is 318 g/mol. The molecule has 14 heteroatoms. The second-order valence-electron chi connectivity index (χ2n) is 2.74. The lowest BCUT2D eigenvalue weighted by Gasteiger charge is -2.30. The van der Waals surface area contributed by atoms with Crippen molar-refractivity contribution >= 4 is 0 Å². The van der Waals surface area contributed by atoms with E-state index < -0.39 is 30.8 Å². The molecule has 0 aromatic rings. The topological polar surface area (TPSA) is 38.7 Å². The van der Waals surface area contributed by atoms with Crippen molar-refractivity contribution in [3.63, 3.8) is 0 Å². The maximum Gasteiger partial charge on any atom is 0.527 e. The lowest BCUT2D eigenvalue weighted by molar-refractivity contribution is -0.552. The molecule has 3 nitrogen and oxygen atoms in total. The first kappa shape index (κ1) is 18.1. The zero-order valence-electron chi connectivity index (χ0n) is 7.92. The number of halogens is 11. The molecule has 0 fully saturated rings. The number of hydrogen-bond donors (Lipinski definition) is 1. The maximum atomic E-state index is 12.2. The summed E-state index contributed by atoms with van der Waals surface area (Å²) in [5.74, 6) is 0. The van der Waals surface area contributed by atoms with E-state index in [0.29, 0.717) is 0 Å². The number of ether oxygens (including phenoxy) is 2. The highest BCUT2D eigenvalue weighted by Crippen LogP contribution is 2.46. The molecule has 0 aromatic heterocycles. The lowest BCUT2D eigenvalue weighted by atomic mass is 10.5. The Balaban J connectivity index is 5.18. The molecule has 0 saturated carbocycles. The molecule has 0 aliphatic heterocycles. The summed E-state index contributed by atoms with van der Waals surface area (Å²) in [4.78, 5) is 0. The molecule has 0 aliphatic carbocycles. The quantitative estimate of drug-likeness (QED) is 0.792. The first-order valence-electron chi connectivity index (χ1n) is 3.62. The Bertz CT molecular complexity index is 315. The second kappa shape index (κ2) is 4.59. The molecule has 116 valence electrons. The van der Waals surface area contributed by atoms with Gasteiger partial charge >= 0.3 is 30.8 Å². The van der Waals surface area contributed by atoms with Gasteiger partial charge in [-0.15, -0.1) is 13.2 Å². The van der Waals surface area contributed by atoms with E-state index >= 15 is 0 Å². The largest absolute Gasteiger partial charge is 0.527 e. The first-order chi connectivity index (χ1) is 7.91. The van der Waals surface area contributed by atoms with Crippen LogP contribution in [0, 0.1) is 0 Å². The van der Waals surface area contributed by atoms with Crippen molar-refractivity contribution in [2.75, 3.05) is 0 Å². The summed E-state index contributed by atoms with van der Waals surface area (Å²) in [5, 5.41) is 7.36. The highest BCUT2D eigenvalue weighted by atomic mass is 19.4. The van der Waals surface area contributed by atoms with Crippen LogP contribution in [0.1, 0.15) is 0 Å². The Morgan fingerprint density at radius 1 is 0.526 bits per heavy atom. The summed E-state index contributed by atoms with van der Waals surface area (Å²) in [5.41, 5.74) is 0. The fourth-order valence-electron chi connectivity index (χ4n) is 0.487. The van der Waals surface area contributed by atoms with Gasteiger partial charge in [0.1, 0.15) is 0 Å². The average Bonchev–Trinajstić information content (AvgIpc) is 1.92. The summed E-state index contributed by atoms with van der Waals surface area (Å²) in [6, 6.07) is 0. The van der Waals surface area contributed by atoms with E-state index in [-0.39, 0.29) is 0 Å². The minimum atomic E-state index is -6.82. The number of rotatable bonds is 5. The Kier molecular flexibility index (Phi) is 4.37. The third-order valence-corrected chi connectivity index (χ3v) is 1.19. The van der Waals surface area contributed by atoms with Gasteiger partial charge in [0.15, 0.2) is 0 Å². The highest BCUT2D eigenvalue weighted by molar-refractivity contribution is 4.73. The van der Waals surface area contributed by atoms with Crippen LogP contribution in [0.3, 0.4) is 0 Å². The molecule has 0 saturated heterocycles. The fraction of sp³-hybridized carbons (Fsp3) is 1.00. The molecule has 0 spiro atoms. The predicted octanol–water partition coefficient (Wildman–Crippen LogP) is 2.90. The molecule has 0 unspecified atom stereocenters. The van der Waals surface area contributed by atoms with Crippen molar-refractivity contribution in [2.24, 2.45) is 0 Å². The Hall–Kier alpha value is -0.890. The standard InChI is InChI=1S/C5HF11O3/c6-1(7,17)2(8,9)18-3(10,11)4(12,13)19-5(14,15)16/h17H. The SMILES string of the molecule is OC(F)(F)C(F)(F)OC(F)(F)C(F)(F)OC(F)(F)F. The number of alkyl halides is 11. The van der Waals surface area contributed by atoms with Gasteiger partial charge in [0.25, 0.3) is 0 Å². The van der Waals surface area contributed by atoms with Gasteiger partial charge in [-0.3, -0.25) is 0 Å². The smallest absolute Gasteiger partial charge is 0.329 e. The van der Waals surface area contributed by atoms with Crippen LogP contribution in [0.5, 0.6) is 0 Å². The number of aliphatic hydroxyl groups is 1. The molecule has 0 bridgehead atoms. The van der Waals surface area contributed by atoms with E-state index in [1.165, 1.54) is 4.74 Å². The molecule has 0 atom stereocenters. The molecule has 1 N–H and O–H groups in total. The minimum Gasteiger partial charge on any atom is -0.329 e. The van der Waals surface area contributed by atoms with Crippen molar-refractivity contribution in [2.45, 2.75) is 30.8 Å². The first-order valence-corrected chi connectivity index (χ1v) is 3.62.